The zero-order valence-electron chi connectivity index (χ0n) is 71.5. The van der Waals surface area contributed by atoms with Crippen molar-refractivity contribution < 1.29 is 89.4 Å². The maximum absolute atomic E-state index is 13.6. The number of hydrogen-bond acceptors (Lipinski definition) is 18. The molecule has 0 aromatic carbocycles. The fourth-order valence-corrected chi connectivity index (χ4v) is 16.9. The van der Waals surface area contributed by atoms with Crippen LogP contribution in [-0.4, -0.2) is 193 Å². The van der Waals surface area contributed by atoms with Crippen LogP contribution in [0.4, 0.5) is 0 Å². The zero-order valence-corrected chi connectivity index (χ0v) is 71.5. The van der Waals surface area contributed by atoms with E-state index in [9.17, 15) is 61.0 Å². The second-order valence-corrected chi connectivity index (χ2v) is 34.6. The Balaban J connectivity index is 1.28. The van der Waals surface area contributed by atoms with E-state index in [1.54, 1.807) is 0 Å². The predicted octanol–water partition coefficient (Wildman–Crippen LogP) is 18.9. The summed E-state index contributed by atoms with van der Waals surface area (Å²) in [6, 6.07) is -0.885. The van der Waals surface area contributed by atoms with E-state index in [4.69, 9.17) is 28.4 Å². The van der Waals surface area contributed by atoms with Gasteiger partial charge in [0.05, 0.1) is 38.6 Å². The SMILES string of the molecule is CCCCCCCCCCCCCCCCCCCCCCCCCCCCCCCCCCCCCCCCC(=O)NC(COC1OC(CO)C(OC2OC(CO)C(OC3OC(CO)C(O)C(O)C3O)C(O)C2O)C(O)C1O)C(O)CCCCCCCCCCCCCCCCCCCCCCCCCCCCCC. The highest BCUT2D eigenvalue weighted by Gasteiger charge is 2.54. The third-order valence-corrected chi connectivity index (χ3v) is 24.4. The van der Waals surface area contributed by atoms with Crippen molar-refractivity contribution >= 4 is 5.91 Å². The fourth-order valence-electron chi connectivity index (χ4n) is 16.9. The fraction of sp³-hybridized carbons (Fsp3) is 0.989. The van der Waals surface area contributed by atoms with Crippen LogP contribution in [0.25, 0.3) is 0 Å². The van der Waals surface area contributed by atoms with Crippen LogP contribution < -0.4 is 5.32 Å². The number of carbonyl (C=O) groups excluding carboxylic acids is 1. The van der Waals surface area contributed by atoms with Crippen LogP contribution >= 0.6 is 0 Å². The van der Waals surface area contributed by atoms with Crippen LogP contribution in [0.3, 0.4) is 0 Å². The van der Waals surface area contributed by atoms with Crippen molar-refractivity contribution in [2.75, 3.05) is 26.4 Å². The van der Waals surface area contributed by atoms with Crippen LogP contribution in [0.2, 0.25) is 0 Å². The largest absolute Gasteiger partial charge is 0.394 e. The van der Waals surface area contributed by atoms with Gasteiger partial charge in [-0.3, -0.25) is 4.79 Å². The van der Waals surface area contributed by atoms with Gasteiger partial charge in [0, 0.05) is 6.42 Å². The molecular formula is C92H179NO18. The molecule has 3 fully saturated rings. The predicted molar refractivity (Wildman–Crippen MR) is 448 cm³/mol. The van der Waals surface area contributed by atoms with Crippen LogP contribution in [-0.2, 0) is 33.2 Å². The van der Waals surface area contributed by atoms with E-state index in [-0.39, 0.29) is 18.9 Å². The maximum atomic E-state index is 13.6. The average molecular weight is 1590 g/mol. The third-order valence-electron chi connectivity index (χ3n) is 24.4. The quantitative estimate of drug-likeness (QED) is 0.0252. The lowest BCUT2D eigenvalue weighted by Gasteiger charge is -2.48. The Morgan fingerprint density at radius 3 is 0.784 bits per heavy atom. The number of rotatable bonds is 80. The van der Waals surface area contributed by atoms with Crippen molar-refractivity contribution in [1.29, 1.82) is 0 Å². The van der Waals surface area contributed by atoms with Gasteiger partial charge in [-0.2, -0.15) is 0 Å². The van der Waals surface area contributed by atoms with Crippen LogP contribution in [0, 0.1) is 0 Å². The molecule has 3 heterocycles. The van der Waals surface area contributed by atoms with Crippen LogP contribution in [0.15, 0.2) is 0 Å². The van der Waals surface area contributed by atoms with Crippen LogP contribution in [0.1, 0.15) is 450 Å². The highest BCUT2D eigenvalue weighted by Crippen LogP contribution is 2.34. The number of aliphatic hydroxyl groups is 11. The van der Waals surface area contributed by atoms with Gasteiger partial charge in [0.15, 0.2) is 18.9 Å². The molecule has 0 aromatic heterocycles. The molecule has 660 valence electrons. The van der Waals surface area contributed by atoms with E-state index < -0.39 is 124 Å². The van der Waals surface area contributed by atoms with Gasteiger partial charge in [-0.05, 0) is 12.8 Å². The number of unbranched alkanes of at least 4 members (excludes halogenated alkanes) is 64. The van der Waals surface area contributed by atoms with E-state index in [1.807, 2.05) is 0 Å². The Hall–Kier alpha value is -1.21. The minimum Gasteiger partial charge on any atom is -0.394 e. The van der Waals surface area contributed by atoms with E-state index >= 15 is 0 Å². The summed E-state index contributed by atoms with van der Waals surface area (Å²) in [5, 5.41) is 121. The molecule has 0 bridgehead atoms. The highest BCUT2D eigenvalue weighted by atomic mass is 16.8. The summed E-state index contributed by atoms with van der Waals surface area (Å²) in [6.07, 6.45) is 62.4. The van der Waals surface area contributed by atoms with Crippen molar-refractivity contribution in [3.63, 3.8) is 0 Å². The first-order valence-corrected chi connectivity index (χ1v) is 47.8. The minimum absolute atomic E-state index is 0.230. The number of nitrogens with one attached hydrogen (secondary N) is 1. The molecule has 0 radical (unpaired) electrons. The van der Waals surface area contributed by atoms with Crippen molar-refractivity contribution in [2.24, 2.45) is 0 Å². The molecular weight excluding hydrogens is 1410 g/mol. The van der Waals surface area contributed by atoms with Crippen molar-refractivity contribution in [1.82, 2.24) is 5.32 Å². The monoisotopic (exact) mass is 1590 g/mol. The maximum Gasteiger partial charge on any atom is 0.220 e. The molecule has 17 atom stereocenters. The molecule has 12 N–H and O–H groups in total. The second kappa shape index (κ2) is 72.8. The Labute approximate surface area is 678 Å². The van der Waals surface area contributed by atoms with Gasteiger partial charge < -0.3 is 89.9 Å². The van der Waals surface area contributed by atoms with Gasteiger partial charge in [-0.15, -0.1) is 0 Å². The standard InChI is InChI=1S/C92H179NO18/c1-3-5-7-9-11-13-15-17-19-21-23-25-27-29-31-33-34-35-36-37-38-39-40-41-42-44-46-48-50-52-54-56-58-60-62-64-66-68-70-80(98)93-75(76(97)69-67-65-63-61-59-57-55-53-51-49-47-45-43-32-30-28-26-24-22-20-18-16-14-12-10-8-6-4-2)74-106-90-86(104)83(101)88(78(72-95)108-90)111-92-87(105)84(102)89(79(73-96)109-92)110-91-85(103)82(100)81(99)77(71-94)107-91/h75-79,81-92,94-97,99-105H,3-74H2,1-2H3,(H,93,98). The van der Waals surface area contributed by atoms with Crippen molar-refractivity contribution in [2.45, 2.75) is 555 Å². The third kappa shape index (κ3) is 51.1. The number of carbonyl (C=O) groups is 1. The lowest BCUT2D eigenvalue weighted by Crippen LogP contribution is -2.66. The number of hydrogen-bond donors (Lipinski definition) is 12. The van der Waals surface area contributed by atoms with Crippen molar-refractivity contribution in [3.05, 3.63) is 0 Å². The van der Waals surface area contributed by atoms with E-state index in [2.05, 4.69) is 19.2 Å². The molecule has 3 aliphatic heterocycles. The molecule has 17 unspecified atom stereocenters. The summed E-state index contributed by atoms with van der Waals surface area (Å²) in [7, 11) is 0. The Kier molecular flexibility index (Phi) is 68.2. The molecule has 3 rings (SSSR count). The summed E-state index contributed by atoms with van der Waals surface area (Å²) < 4.78 is 34.6. The highest BCUT2D eigenvalue weighted by molar-refractivity contribution is 5.76. The van der Waals surface area contributed by atoms with Crippen molar-refractivity contribution in [3.8, 4) is 0 Å². The number of aliphatic hydroxyl groups excluding tert-OH is 11. The first kappa shape index (κ1) is 104. The molecule has 111 heavy (non-hydrogen) atoms. The molecule has 3 aliphatic rings. The first-order chi connectivity index (χ1) is 54.3. The second-order valence-electron chi connectivity index (χ2n) is 34.6. The molecule has 1 amide bonds. The summed E-state index contributed by atoms with van der Waals surface area (Å²) >= 11 is 0. The van der Waals surface area contributed by atoms with Gasteiger partial charge >= 0.3 is 0 Å². The molecule has 0 aromatic rings. The molecule has 19 nitrogen and oxygen atoms in total. The molecule has 0 aliphatic carbocycles. The average Bonchev–Trinajstić information content (AvgIpc) is 0.780. The van der Waals surface area contributed by atoms with E-state index in [1.165, 1.54) is 372 Å². The molecule has 3 saturated heterocycles. The molecule has 19 heteroatoms. The number of ether oxygens (including phenoxy) is 6. The lowest BCUT2D eigenvalue weighted by molar-refractivity contribution is -0.379. The topological polar surface area (TPSA) is 307 Å². The Morgan fingerprint density at radius 2 is 0.514 bits per heavy atom. The minimum atomic E-state index is -1.97. The lowest BCUT2D eigenvalue weighted by atomic mass is 9.96. The Bertz CT molecular complexity index is 2000. The van der Waals surface area contributed by atoms with Gasteiger partial charge in [0.25, 0.3) is 0 Å². The molecule has 0 saturated carbocycles. The smallest absolute Gasteiger partial charge is 0.220 e. The number of amides is 1. The van der Waals surface area contributed by atoms with E-state index in [0.717, 1.165) is 44.9 Å². The normalized spacial score (nSPS) is 24.9. The summed E-state index contributed by atoms with van der Waals surface area (Å²) in [4.78, 5) is 13.6. The van der Waals surface area contributed by atoms with Gasteiger partial charge in [-0.1, -0.05) is 431 Å². The van der Waals surface area contributed by atoms with E-state index in [0.29, 0.717) is 12.8 Å². The Morgan fingerprint density at radius 1 is 0.288 bits per heavy atom. The summed E-state index contributed by atoms with van der Waals surface area (Å²) in [5.41, 5.74) is 0. The van der Waals surface area contributed by atoms with Gasteiger partial charge in [0.1, 0.15) is 73.2 Å². The molecule has 0 spiro atoms. The van der Waals surface area contributed by atoms with Gasteiger partial charge in [-0.25, -0.2) is 0 Å². The zero-order chi connectivity index (χ0) is 80.3. The van der Waals surface area contributed by atoms with Crippen LogP contribution in [0.5, 0.6) is 0 Å². The van der Waals surface area contributed by atoms with Gasteiger partial charge in [0.2, 0.25) is 5.91 Å². The summed E-state index contributed by atoms with van der Waals surface area (Å²) in [6.45, 7) is 1.90. The summed E-state index contributed by atoms with van der Waals surface area (Å²) in [5.74, 6) is -0.230. The first-order valence-electron chi connectivity index (χ1n) is 47.8.